The van der Waals surface area contributed by atoms with Crippen molar-refractivity contribution < 1.29 is 4.79 Å². The third-order valence-corrected chi connectivity index (χ3v) is 2.53. The Balaban J connectivity index is 2.49. The summed E-state index contributed by atoms with van der Waals surface area (Å²) in [4.78, 5) is 11.6. The van der Waals surface area contributed by atoms with E-state index >= 15 is 0 Å². The fourth-order valence-corrected chi connectivity index (χ4v) is 1.58. The van der Waals surface area contributed by atoms with E-state index in [2.05, 4.69) is 12.2 Å². The van der Waals surface area contributed by atoms with Gasteiger partial charge in [0.2, 0.25) is 5.91 Å². The molecule has 0 spiro atoms. The van der Waals surface area contributed by atoms with Crippen molar-refractivity contribution in [1.82, 2.24) is 0 Å². The van der Waals surface area contributed by atoms with Gasteiger partial charge in [0.05, 0.1) is 0 Å². The predicted molar refractivity (Wildman–Crippen MR) is 68.4 cm³/mol. The second-order valence-corrected chi connectivity index (χ2v) is 4.08. The van der Waals surface area contributed by atoms with Crippen LogP contribution < -0.4 is 11.1 Å². The maximum atomic E-state index is 11.6. The van der Waals surface area contributed by atoms with E-state index in [0.717, 1.165) is 36.2 Å². The number of nitrogens with one attached hydrogen (secondary N) is 1. The molecule has 0 aliphatic heterocycles. The molecule has 16 heavy (non-hydrogen) atoms. The number of nitrogens with two attached hydrogens (primary N) is 1. The third-order valence-electron chi connectivity index (χ3n) is 2.53. The van der Waals surface area contributed by atoms with Crippen LogP contribution in [0.25, 0.3) is 0 Å². The lowest BCUT2D eigenvalue weighted by Gasteiger charge is -2.08. The Morgan fingerprint density at radius 2 is 2.12 bits per heavy atom. The van der Waals surface area contributed by atoms with Crippen LogP contribution in [-0.4, -0.2) is 5.91 Å². The van der Waals surface area contributed by atoms with Gasteiger partial charge in [0.1, 0.15) is 0 Å². The largest absolute Gasteiger partial charge is 0.399 e. The van der Waals surface area contributed by atoms with Crippen molar-refractivity contribution in [1.29, 1.82) is 0 Å². The normalized spacial score (nSPS) is 10.1. The summed E-state index contributed by atoms with van der Waals surface area (Å²) in [6.07, 6.45) is 3.79. The van der Waals surface area contributed by atoms with Crippen LogP contribution in [0.1, 0.15) is 38.2 Å². The molecule has 0 saturated carbocycles. The summed E-state index contributed by atoms with van der Waals surface area (Å²) in [5.74, 6) is 0.0846. The molecule has 0 atom stereocenters. The zero-order valence-electron chi connectivity index (χ0n) is 10.0. The molecular formula is C13H20N2O. The topological polar surface area (TPSA) is 55.1 Å². The van der Waals surface area contributed by atoms with Crippen LogP contribution in [0.4, 0.5) is 11.4 Å². The molecule has 0 unspecified atom stereocenters. The van der Waals surface area contributed by atoms with E-state index in [0.29, 0.717) is 6.42 Å². The van der Waals surface area contributed by atoms with E-state index in [4.69, 9.17) is 5.73 Å². The van der Waals surface area contributed by atoms with Crippen molar-refractivity contribution in [2.75, 3.05) is 11.1 Å². The van der Waals surface area contributed by atoms with Crippen LogP contribution in [-0.2, 0) is 4.79 Å². The van der Waals surface area contributed by atoms with Gasteiger partial charge in [0.15, 0.2) is 0 Å². The first-order chi connectivity index (χ1) is 7.63. The van der Waals surface area contributed by atoms with Crippen LogP contribution >= 0.6 is 0 Å². The molecule has 0 aromatic heterocycles. The second-order valence-electron chi connectivity index (χ2n) is 4.08. The lowest BCUT2D eigenvalue weighted by atomic mass is 10.1. The molecule has 3 N–H and O–H groups in total. The standard InChI is InChI=1S/C13H20N2O/c1-3-4-5-6-13(16)15-12-8-7-11(14)9-10(12)2/h7-9H,3-6,14H2,1-2H3,(H,15,16). The molecule has 0 fully saturated rings. The maximum absolute atomic E-state index is 11.6. The highest BCUT2D eigenvalue weighted by Crippen LogP contribution is 2.18. The van der Waals surface area contributed by atoms with E-state index < -0.39 is 0 Å². The molecule has 0 heterocycles. The molecule has 1 amide bonds. The van der Waals surface area contributed by atoms with E-state index in [1.54, 1.807) is 6.07 Å². The monoisotopic (exact) mass is 220 g/mol. The molecule has 3 nitrogen and oxygen atoms in total. The van der Waals surface area contributed by atoms with E-state index in [1.165, 1.54) is 0 Å². The minimum atomic E-state index is 0.0846. The van der Waals surface area contributed by atoms with Gasteiger partial charge in [0, 0.05) is 17.8 Å². The first kappa shape index (κ1) is 12.6. The molecule has 1 rings (SSSR count). The Morgan fingerprint density at radius 3 is 2.75 bits per heavy atom. The summed E-state index contributed by atoms with van der Waals surface area (Å²) in [7, 11) is 0. The fraction of sp³-hybridized carbons (Fsp3) is 0.462. The number of benzene rings is 1. The molecule has 3 heteroatoms. The number of amides is 1. The number of rotatable bonds is 5. The summed E-state index contributed by atoms with van der Waals surface area (Å²) in [6, 6.07) is 5.51. The number of carbonyl (C=O) groups excluding carboxylic acids is 1. The van der Waals surface area contributed by atoms with Crippen molar-refractivity contribution in [3.05, 3.63) is 23.8 Å². The summed E-state index contributed by atoms with van der Waals surface area (Å²) in [5.41, 5.74) is 8.23. The van der Waals surface area contributed by atoms with E-state index in [1.807, 2.05) is 19.1 Å². The molecule has 0 aliphatic rings. The molecule has 88 valence electrons. The zero-order chi connectivity index (χ0) is 12.0. The third kappa shape index (κ3) is 3.93. The zero-order valence-corrected chi connectivity index (χ0v) is 10.0. The Bertz CT molecular complexity index is 361. The molecule has 0 aliphatic carbocycles. The summed E-state index contributed by atoms with van der Waals surface area (Å²) < 4.78 is 0. The van der Waals surface area contributed by atoms with Gasteiger partial charge in [-0.25, -0.2) is 0 Å². The lowest BCUT2D eigenvalue weighted by Crippen LogP contribution is -2.12. The van der Waals surface area contributed by atoms with Crippen molar-refractivity contribution in [2.24, 2.45) is 0 Å². The van der Waals surface area contributed by atoms with Gasteiger partial charge in [-0.3, -0.25) is 4.79 Å². The van der Waals surface area contributed by atoms with Gasteiger partial charge < -0.3 is 11.1 Å². The quantitative estimate of drug-likeness (QED) is 0.591. The molecule has 1 aromatic carbocycles. The average molecular weight is 220 g/mol. The van der Waals surface area contributed by atoms with Crippen LogP contribution in [0.3, 0.4) is 0 Å². The van der Waals surface area contributed by atoms with Crippen LogP contribution in [0, 0.1) is 6.92 Å². The van der Waals surface area contributed by atoms with Gasteiger partial charge in [-0.1, -0.05) is 19.8 Å². The maximum Gasteiger partial charge on any atom is 0.224 e. The molecule has 1 aromatic rings. The van der Waals surface area contributed by atoms with Gasteiger partial charge in [-0.05, 0) is 37.1 Å². The first-order valence-corrected chi connectivity index (χ1v) is 5.79. The summed E-state index contributed by atoms with van der Waals surface area (Å²) >= 11 is 0. The van der Waals surface area contributed by atoms with Crippen LogP contribution in [0.15, 0.2) is 18.2 Å². The molecular weight excluding hydrogens is 200 g/mol. The number of unbranched alkanes of at least 4 members (excludes halogenated alkanes) is 2. The number of aryl methyl sites for hydroxylation is 1. The highest BCUT2D eigenvalue weighted by molar-refractivity contribution is 5.91. The van der Waals surface area contributed by atoms with E-state index in [-0.39, 0.29) is 5.91 Å². The van der Waals surface area contributed by atoms with Gasteiger partial charge >= 0.3 is 0 Å². The predicted octanol–water partition coefficient (Wildman–Crippen LogP) is 3.10. The van der Waals surface area contributed by atoms with Crippen LogP contribution in [0.2, 0.25) is 0 Å². The van der Waals surface area contributed by atoms with Gasteiger partial charge in [0.25, 0.3) is 0 Å². The Kier molecular flexibility index (Phi) is 4.83. The van der Waals surface area contributed by atoms with Crippen molar-refractivity contribution in [3.63, 3.8) is 0 Å². The Hall–Kier alpha value is -1.51. The lowest BCUT2D eigenvalue weighted by molar-refractivity contribution is -0.116. The second kappa shape index (κ2) is 6.16. The number of hydrogen-bond acceptors (Lipinski definition) is 2. The van der Waals surface area contributed by atoms with Crippen molar-refractivity contribution >= 4 is 17.3 Å². The summed E-state index contributed by atoms with van der Waals surface area (Å²) in [5, 5.41) is 2.90. The number of anilines is 2. The van der Waals surface area contributed by atoms with Crippen molar-refractivity contribution in [2.45, 2.75) is 39.5 Å². The number of nitrogen functional groups attached to an aromatic ring is 1. The minimum absolute atomic E-state index is 0.0846. The van der Waals surface area contributed by atoms with Crippen molar-refractivity contribution in [3.8, 4) is 0 Å². The van der Waals surface area contributed by atoms with E-state index in [9.17, 15) is 4.79 Å². The highest BCUT2D eigenvalue weighted by atomic mass is 16.1. The molecule has 0 saturated heterocycles. The average Bonchev–Trinajstić information content (AvgIpc) is 2.23. The van der Waals surface area contributed by atoms with Gasteiger partial charge in [-0.2, -0.15) is 0 Å². The number of carbonyl (C=O) groups is 1. The molecule has 0 radical (unpaired) electrons. The van der Waals surface area contributed by atoms with Gasteiger partial charge in [-0.15, -0.1) is 0 Å². The van der Waals surface area contributed by atoms with Crippen LogP contribution in [0.5, 0.6) is 0 Å². The fourth-order valence-electron chi connectivity index (χ4n) is 1.58. The number of hydrogen-bond donors (Lipinski definition) is 2. The highest BCUT2D eigenvalue weighted by Gasteiger charge is 2.04. The minimum Gasteiger partial charge on any atom is -0.399 e. The first-order valence-electron chi connectivity index (χ1n) is 5.79. The summed E-state index contributed by atoms with van der Waals surface area (Å²) in [6.45, 7) is 4.07. The SMILES string of the molecule is CCCCCC(=O)Nc1ccc(N)cc1C. The molecule has 0 bridgehead atoms. The Labute approximate surface area is 97.0 Å². The smallest absolute Gasteiger partial charge is 0.224 e. The Morgan fingerprint density at radius 1 is 1.38 bits per heavy atom.